The molecule has 2 heterocycles. The van der Waals surface area contributed by atoms with E-state index in [1.54, 1.807) is 48.5 Å². The first-order valence-electron chi connectivity index (χ1n) is 34.5. The van der Waals surface area contributed by atoms with Crippen molar-refractivity contribution < 1.29 is 47.6 Å². The van der Waals surface area contributed by atoms with Gasteiger partial charge in [-0.1, -0.05) is 200 Å². The van der Waals surface area contributed by atoms with Crippen LogP contribution in [-0.2, 0) is 41.4 Å². The summed E-state index contributed by atoms with van der Waals surface area (Å²) in [6.45, 7) is 12.7. The van der Waals surface area contributed by atoms with E-state index < -0.39 is 12.3 Å². The standard InChI is InChI=1S/C72H116N2O10S2/c1-3-5-7-9-11-13-15-17-19-21-23-25-27-29-31-33-55-81-71(77)83-67-39-35-65(36-40-67)61-69(75)79-57-47-63-43-49-73(50-44-63)53-59-85-86-60-54-74-51-45-64(46-52-74)48-58-80-70(76)62-66-37-41-68(42-38-66)84-72(78)82-56-34-32-30-28-26-24-22-20-18-16-14-12-10-8-6-4-2/h17-20,35-42,63-64H,3-16,21-34,43-62H2,1-2H3/b19-17-,20-18-. The van der Waals surface area contributed by atoms with E-state index in [9.17, 15) is 19.2 Å². The number of ether oxygens (including phenoxy) is 6. The third-order valence-corrected chi connectivity index (χ3v) is 19.1. The van der Waals surface area contributed by atoms with Crippen molar-refractivity contribution in [2.75, 3.05) is 77.2 Å². The zero-order valence-electron chi connectivity index (χ0n) is 53.8. The molecule has 2 fully saturated rings. The third-order valence-electron chi connectivity index (χ3n) is 16.8. The van der Waals surface area contributed by atoms with E-state index in [-0.39, 0.29) is 24.8 Å². The molecule has 2 saturated heterocycles. The van der Waals surface area contributed by atoms with Crippen LogP contribution in [0, 0.1) is 11.8 Å². The summed E-state index contributed by atoms with van der Waals surface area (Å²) in [6.07, 6.45) is 49.3. The van der Waals surface area contributed by atoms with Crippen LogP contribution in [0.2, 0.25) is 0 Å². The minimum Gasteiger partial charge on any atom is -0.465 e. The van der Waals surface area contributed by atoms with Crippen molar-refractivity contribution in [2.45, 2.75) is 245 Å². The average molecular weight is 1230 g/mol. The van der Waals surface area contributed by atoms with Gasteiger partial charge in [-0.3, -0.25) is 9.59 Å². The number of hydrogen-bond acceptors (Lipinski definition) is 14. The molecule has 2 aliphatic rings. The first-order chi connectivity index (χ1) is 42.3. The van der Waals surface area contributed by atoms with Crippen LogP contribution in [0.15, 0.2) is 72.8 Å². The number of carbonyl (C=O) groups excluding carboxylic acids is 4. The summed E-state index contributed by atoms with van der Waals surface area (Å²) >= 11 is 0. The largest absolute Gasteiger partial charge is 0.513 e. The fraction of sp³-hybridized carbons (Fsp3) is 0.722. The van der Waals surface area contributed by atoms with Crippen LogP contribution in [-0.4, -0.2) is 111 Å². The van der Waals surface area contributed by atoms with Gasteiger partial charge in [0.15, 0.2) is 0 Å². The Labute approximate surface area is 529 Å². The maximum absolute atomic E-state index is 12.6. The summed E-state index contributed by atoms with van der Waals surface area (Å²) in [5, 5.41) is 0. The second kappa shape index (κ2) is 51.9. The monoisotopic (exact) mass is 1230 g/mol. The van der Waals surface area contributed by atoms with Gasteiger partial charge in [0.2, 0.25) is 0 Å². The van der Waals surface area contributed by atoms with Crippen LogP contribution in [0.1, 0.15) is 243 Å². The lowest BCUT2D eigenvalue weighted by Crippen LogP contribution is -2.36. The van der Waals surface area contributed by atoms with E-state index in [1.165, 1.54) is 141 Å². The second-order valence-electron chi connectivity index (χ2n) is 24.2. The Hall–Kier alpha value is -3.98. The molecule has 2 aliphatic heterocycles. The van der Waals surface area contributed by atoms with Gasteiger partial charge in [-0.25, -0.2) is 9.59 Å². The molecule has 4 rings (SSSR count). The molecule has 14 heteroatoms. The number of piperidine rings is 2. The highest BCUT2D eigenvalue weighted by Gasteiger charge is 2.22. The molecule has 86 heavy (non-hydrogen) atoms. The number of allylic oxidation sites excluding steroid dienone is 4. The van der Waals surface area contributed by atoms with E-state index in [1.807, 2.05) is 21.6 Å². The molecular formula is C72H116N2O10S2. The van der Waals surface area contributed by atoms with Crippen LogP contribution in [0.5, 0.6) is 11.5 Å². The second-order valence-corrected chi connectivity index (χ2v) is 26.9. The minimum atomic E-state index is -0.693. The smallest absolute Gasteiger partial charge is 0.465 e. The number of unbranched alkanes of at least 4 members (excludes halogenated alkanes) is 24. The van der Waals surface area contributed by atoms with E-state index in [2.05, 4.69) is 48.0 Å². The van der Waals surface area contributed by atoms with Crippen molar-refractivity contribution in [3.05, 3.63) is 84.0 Å². The fourth-order valence-electron chi connectivity index (χ4n) is 11.2. The van der Waals surface area contributed by atoms with Crippen molar-refractivity contribution in [3.63, 3.8) is 0 Å². The van der Waals surface area contributed by atoms with Crippen LogP contribution in [0.4, 0.5) is 9.59 Å². The number of esters is 2. The Morgan fingerprint density at radius 3 is 1.06 bits per heavy atom. The molecule has 2 aromatic rings. The van der Waals surface area contributed by atoms with Crippen LogP contribution < -0.4 is 9.47 Å². The van der Waals surface area contributed by atoms with Crippen LogP contribution in [0.25, 0.3) is 0 Å². The topological polar surface area (TPSA) is 130 Å². The molecule has 0 bridgehead atoms. The number of benzene rings is 2. The Kier molecular flexibility index (Phi) is 44.9. The van der Waals surface area contributed by atoms with E-state index in [4.69, 9.17) is 28.4 Å². The van der Waals surface area contributed by atoms with Gasteiger partial charge in [0.05, 0.1) is 39.3 Å². The lowest BCUT2D eigenvalue weighted by Gasteiger charge is -2.32. The quantitative estimate of drug-likeness (QED) is 0.0155. The summed E-state index contributed by atoms with van der Waals surface area (Å²) in [5.74, 6) is 3.74. The molecular weight excluding hydrogens is 1120 g/mol. The lowest BCUT2D eigenvalue weighted by atomic mass is 9.94. The molecule has 0 spiro atoms. The normalized spacial score (nSPS) is 14.5. The highest BCUT2D eigenvalue weighted by molar-refractivity contribution is 8.76. The zero-order chi connectivity index (χ0) is 61.0. The van der Waals surface area contributed by atoms with Crippen molar-refractivity contribution in [1.82, 2.24) is 9.80 Å². The first kappa shape index (κ1) is 74.5. The van der Waals surface area contributed by atoms with Gasteiger partial charge in [0, 0.05) is 24.6 Å². The van der Waals surface area contributed by atoms with Gasteiger partial charge in [0.1, 0.15) is 11.5 Å². The molecule has 486 valence electrons. The number of hydrogen-bond donors (Lipinski definition) is 0. The van der Waals surface area contributed by atoms with Gasteiger partial charge >= 0.3 is 24.2 Å². The summed E-state index contributed by atoms with van der Waals surface area (Å²) in [4.78, 5) is 54.8. The maximum Gasteiger partial charge on any atom is 0.513 e. The van der Waals surface area contributed by atoms with E-state index in [0.717, 1.165) is 139 Å². The molecule has 0 radical (unpaired) electrons. The molecule has 0 N–H and O–H groups in total. The predicted octanol–water partition coefficient (Wildman–Crippen LogP) is 19.2. The highest BCUT2D eigenvalue weighted by atomic mass is 33.1. The van der Waals surface area contributed by atoms with Gasteiger partial charge in [-0.2, -0.15) is 0 Å². The highest BCUT2D eigenvalue weighted by Crippen LogP contribution is 2.27. The molecule has 0 amide bonds. The number of carbonyl (C=O) groups is 4. The van der Waals surface area contributed by atoms with Crippen molar-refractivity contribution in [3.8, 4) is 11.5 Å². The molecule has 0 atom stereocenters. The fourth-order valence-corrected chi connectivity index (χ4v) is 13.2. The Morgan fingerprint density at radius 1 is 0.407 bits per heavy atom. The predicted molar refractivity (Wildman–Crippen MR) is 358 cm³/mol. The lowest BCUT2D eigenvalue weighted by molar-refractivity contribution is -0.144. The van der Waals surface area contributed by atoms with E-state index in [0.29, 0.717) is 49.8 Å². The van der Waals surface area contributed by atoms with Crippen LogP contribution >= 0.6 is 21.6 Å². The Morgan fingerprint density at radius 2 is 0.721 bits per heavy atom. The Balaban J connectivity index is 0.874. The molecule has 0 aromatic heterocycles. The van der Waals surface area contributed by atoms with Gasteiger partial charge < -0.3 is 38.2 Å². The number of nitrogens with zero attached hydrogens (tertiary/aromatic N) is 2. The summed E-state index contributed by atoms with van der Waals surface area (Å²) in [7, 11) is 3.96. The molecule has 0 saturated carbocycles. The number of rotatable bonds is 51. The molecule has 2 aromatic carbocycles. The maximum atomic E-state index is 12.6. The van der Waals surface area contributed by atoms with Crippen molar-refractivity contribution in [1.29, 1.82) is 0 Å². The minimum absolute atomic E-state index is 0.187. The molecule has 0 unspecified atom stereocenters. The van der Waals surface area contributed by atoms with E-state index >= 15 is 0 Å². The van der Waals surface area contributed by atoms with Crippen molar-refractivity contribution in [2.24, 2.45) is 11.8 Å². The summed E-state index contributed by atoms with van der Waals surface area (Å²) < 4.78 is 32.5. The summed E-state index contributed by atoms with van der Waals surface area (Å²) in [6, 6.07) is 14.0. The van der Waals surface area contributed by atoms with Gasteiger partial charge in [0.25, 0.3) is 0 Å². The zero-order valence-corrected chi connectivity index (χ0v) is 55.5. The molecule has 0 aliphatic carbocycles. The van der Waals surface area contributed by atoms with Gasteiger partial charge in [-0.15, -0.1) is 0 Å². The van der Waals surface area contributed by atoms with Crippen LogP contribution in [0.3, 0.4) is 0 Å². The third kappa shape index (κ3) is 40.5. The average Bonchev–Trinajstić information content (AvgIpc) is 3.70. The SMILES string of the molecule is CCCCCCCC/C=C\CCCCCCCCOC(=O)Oc1ccc(CC(=O)OCCC2CCN(CCSSCCN3CCC(CCOC(=O)Cc4ccc(OC(=O)OCCCCCCCC/C=C\CCCCCCCC)cc4)CC3)CC2)cc1. The number of likely N-dealkylation sites (tertiary alicyclic amines) is 2. The first-order valence-corrected chi connectivity index (χ1v) is 37.0. The summed E-state index contributed by atoms with van der Waals surface area (Å²) in [5.41, 5.74) is 1.64. The molecule has 12 nitrogen and oxygen atoms in total. The van der Waals surface area contributed by atoms with Gasteiger partial charge in [-0.05, 0) is 176 Å². The Bertz CT molecular complexity index is 1910. The van der Waals surface area contributed by atoms with Crippen molar-refractivity contribution >= 4 is 45.8 Å².